The second kappa shape index (κ2) is 5.81. The molecular weight excluding hydrogens is 298 g/mol. The molecule has 0 spiro atoms. The fourth-order valence-corrected chi connectivity index (χ4v) is 3.25. The Morgan fingerprint density at radius 1 is 1.36 bits per heavy atom. The summed E-state index contributed by atoms with van der Waals surface area (Å²) in [6.07, 6.45) is 0. The number of ether oxygens (including phenoxy) is 1. The van der Waals surface area contributed by atoms with Crippen molar-refractivity contribution in [3.8, 4) is 5.75 Å². The molecule has 0 fully saturated rings. The van der Waals surface area contributed by atoms with E-state index >= 15 is 0 Å². The Morgan fingerprint density at radius 3 is 2.68 bits per heavy atom. The van der Waals surface area contributed by atoms with E-state index in [0.29, 0.717) is 23.7 Å². The number of rotatable bonds is 4. The number of aryl methyl sites for hydroxylation is 1. The monoisotopic (exact) mass is 315 g/mol. The number of hydrogen-bond donors (Lipinski definition) is 2. The topological polar surface area (TPSA) is 69.4 Å². The number of amidine groups is 1. The van der Waals surface area contributed by atoms with Gasteiger partial charge in [-0.3, -0.25) is 5.41 Å². The van der Waals surface area contributed by atoms with Gasteiger partial charge in [0.25, 0.3) is 0 Å². The predicted octanol–water partition coefficient (Wildman–Crippen LogP) is 3.62. The average Bonchev–Trinajstić information content (AvgIpc) is 3.04. The lowest BCUT2D eigenvalue weighted by Crippen LogP contribution is -2.25. The fraction of sp³-hybridized carbons (Fsp3) is 0.250. The van der Waals surface area contributed by atoms with E-state index in [2.05, 4.69) is 4.98 Å². The Hall–Kier alpha value is -2.34. The molecule has 5 nitrogen and oxygen atoms in total. The minimum Gasteiger partial charge on any atom is -0.510 e. The number of benzene rings is 1. The lowest BCUT2D eigenvalue weighted by Gasteiger charge is -2.18. The fourth-order valence-electron chi connectivity index (χ4n) is 2.38. The molecule has 0 saturated heterocycles. The lowest BCUT2D eigenvalue weighted by atomic mass is 10.2. The van der Waals surface area contributed by atoms with Crippen molar-refractivity contribution >= 4 is 28.4 Å². The number of aliphatic hydroxyl groups excluding tert-OH is 1. The van der Waals surface area contributed by atoms with Gasteiger partial charge in [0.15, 0.2) is 0 Å². The summed E-state index contributed by atoms with van der Waals surface area (Å²) >= 11 is 1.44. The third kappa shape index (κ3) is 2.57. The molecule has 0 atom stereocenters. The van der Waals surface area contributed by atoms with Crippen LogP contribution in [0.2, 0.25) is 0 Å². The summed E-state index contributed by atoms with van der Waals surface area (Å²) in [5.74, 6) is 1.26. The summed E-state index contributed by atoms with van der Waals surface area (Å²) in [7, 11) is 0. The summed E-state index contributed by atoms with van der Waals surface area (Å²) in [5.41, 5.74) is 2.27. The molecule has 1 aromatic heterocycles. The zero-order valence-electron chi connectivity index (χ0n) is 12.5. The number of nitrogens with one attached hydrogen (secondary N) is 1. The molecule has 0 radical (unpaired) electrons. The normalized spacial score (nSPS) is 14.8. The van der Waals surface area contributed by atoms with Crippen LogP contribution < -0.4 is 9.64 Å². The van der Waals surface area contributed by atoms with E-state index in [1.54, 1.807) is 4.90 Å². The number of anilines is 1. The van der Waals surface area contributed by atoms with Crippen LogP contribution in [-0.2, 0) is 0 Å². The van der Waals surface area contributed by atoms with E-state index in [9.17, 15) is 5.11 Å². The molecule has 2 heterocycles. The van der Waals surface area contributed by atoms with Gasteiger partial charge in [0.1, 0.15) is 22.4 Å². The van der Waals surface area contributed by atoms with E-state index in [0.717, 1.165) is 17.1 Å². The van der Waals surface area contributed by atoms with Crippen LogP contribution in [0.15, 0.2) is 35.4 Å². The SMILES string of the molecule is CCOc1ccc(N2CC(O)=C(c3nc(C)cs3)C2=N)cc1. The molecule has 0 saturated carbocycles. The van der Waals surface area contributed by atoms with Gasteiger partial charge in [0.05, 0.1) is 18.7 Å². The van der Waals surface area contributed by atoms with Crippen LogP contribution in [0.5, 0.6) is 5.75 Å². The van der Waals surface area contributed by atoms with Crippen molar-refractivity contribution in [3.05, 3.63) is 46.1 Å². The average molecular weight is 315 g/mol. The molecule has 0 bridgehead atoms. The Bertz CT molecular complexity index is 734. The number of nitrogens with zero attached hydrogens (tertiary/aromatic N) is 2. The first kappa shape index (κ1) is 14.6. The minimum atomic E-state index is 0.188. The third-order valence-electron chi connectivity index (χ3n) is 3.40. The number of aliphatic hydroxyl groups is 1. The van der Waals surface area contributed by atoms with Gasteiger partial charge < -0.3 is 14.7 Å². The zero-order valence-corrected chi connectivity index (χ0v) is 13.3. The van der Waals surface area contributed by atoms with Crippen LogP contribution in [0.4, 0.5) is 5.69 Å². The van der Waals surface area contributed by atoms with Crippen molar-refractivity contribution in [2.24, 2.45) is 0 Å². The van der Waals surface area contributed by atoms with Crippen LogP contribution in [0, 0.1) is 12.3 Å². The Labute approximate surface area is 133 Å². The Balaban J connectivity index is 1.85. The maximum atomic E-state index is 10.2. The van der Waals surface area contributed by atoms with Crippen molar-refractivity contribution in [1.82, 2.24) is 4.98 Å². The molecule has 6 heteroatoms. The van der Waals surface area contributed by atoms with Gasteiger partial charge >= 0.3 is 0 Å². The van der Waals surface area contributed by atoms with Crippen LogP contribution in [-0.4, -0.2) is 29.1 Å². The van der Waals surface area contributed by atoms with E-state index in [-0.39, 0.29) is 11.6 Å². The first-order valence-electron chi connectivity index (χ1n) is 7.04. The second-order valence-electron chi connectivity index (χ2n) is 4.98. The Kier molecular flexibility index (Phi) is 3.85. The van der Waals surface area contributed by atoms with Crippen LogP contribution in [0.3, 0.4) is 0 Å². The van der Waals surface area contributed by atoms with Gasteiger partial charge in [0, 0.05) is 16.8 Å². The van der Waals surface area contributed by atoms with Crippen molar-refractivity contribution < 1.29 is 9.84 Å². The highest BCUT2D eigenvalue weighted by molar-refractivity contribution is 7.11. The van der Waals surface area contributed by atoms with Gasteiger partial charge in [-0.15, -0.1) is 11.3 Å². The standard InChI is InChI=1S/C16H17N3O2S/c1-3-21-12-6-4-11(5-7-12)19-8-13(20)14(15(19)17)16-18-10(2)9-22-16/h4-7,9,17,20H,3,8H2,1-2H3. The summed E-state index contributed by atoms with van der Waals surface area (Å²) in [6.45, 7) is 4.75. The molecule has 1 aromatic carbocycles. The molecule has 22 heavy (non-hydrogen) atoms. The minimum absolute atomic E-state index is 0.188. The molecule has 0 unspecified atom stereocenters. The molecule has 1 aliphatic heterocycles. The third-order valence-corrected chi connectivity index (χ3v) is 4.37. The maximum absolute atomic E-state index is 10.2. The highest BCUT2D eigenvalue weighted by Crippen LogP contribution is 2.33. The Morgan fingerprint density at radius 2 is 2.09 bits per heavy atom. The highest BCUT2D eigenvalue weighted by atomic mass is 32.1. The zero-order chi connectivity index (χ0) is 15.7. The molecule has 2 N–H and O–H groups in total. The number of aromatic nitrogens is 1. The van der Waals surface area contributed by atoms with Gasteiger partial charge in [-0.1, -0.05) is 0 Å². The van der Waals surface area contributed by atoms with E-state index in [1.165, 1.54) is 11.3 Å². The van der Waals surface area contributed by atoms with Crippen LogP contribution in [0.1, 0.15) is 17.6 Å². The van der Waals surface area contributed by atoms with Gasteiger partial charge in [-0.05, 0) is 38.1 Å². The number of thiazole rings is 1. The summed E-state index contributed by atoms with van der Waals surface area (Å²) in [4.78, 5) is 6.13. The smallest absolute Gasteiger partial charge is 0.139 e. The molecule has 114 valence electrons. The quantitative estimate of drug-likeness (QED) is 0.904. The number of hydrogen-bond acceptors (Lipinski definition) is 5. The summed E-state index contributed by atoms with van der Waals surface area (Å²) in [5, 5.41) is 21.2. The van der Waals surface area contributed by atoms with Crippen LogP contribution >= 0.6 is 11.3 Å². The second-order valence-corrected chi connectivity index (χ2v) is 5.84. The molecule has 1 aliphatic rings. The van der Waals surface area contributed by atoms with E-state index in [4.69, 9.17) is 10.1 Å². The van der Waals surface area contributed by atoms with Gasteiger partial charge in [-0.2, -0.15) is 0 Å². The lowest BCUT2D eigenvalue weighted by molar-refractivity contribution is 0.340. The molecule has 0 aliphatic carbocycles. The summed E-state index contributed by atoms with van der Waals surface area (Å²) < 4.78 is 5.42. The maximum Gasteiger partial charge on any atom is 0.139 e. The first-order valence-corrected chi connectivity index (χ1v) is 7.92. The molecule has 2 aromatic rings. The highest BCUT2D eigenvalue weighted by Gasteiger charge is 2.30. The summed E-state index contributed by atoms with van der Waals surface area (Å²) in [6, 6.07) is 7.52. The van der Waals surface area contributed by atoms with Crippen LogP contribution in [0.25, 0.3) is 5.57 Å². The van der Waals surface area contributed by atoms with Crippen molar-refractivity contribution in [1.29, 1.82) is 5.41 Å². The largest absolute Gasteiger partial charge is 0.510 e. The predicted molar refractivity (Wildman–Crippen MR) is 89.1 cm³/mol. The molecule has 3 rings (SSSR count). The first-order chi connectivity index (χ1) is 10.6. The van der Waals surface area contributed by atoms with Crippen molar-refractivity contribution in [2.45, 2.75) is 13.8 Å². The molecular formula is C16H17N3O2S. The van der Waals surface area contributed by atoms with Gasteiger partial charge in [-0.25, -0.2) is 4.98 Å². The van der Waals surface area contributed by atoms with Gasteiger partial charge in [0.2, 0.25) is 0 Å². The van der Waals surface area contributed by atoms with E-state index in [1.807, 2.05) is 43.5 Å². The van der Waals surface area contributed by atoms with E-state index < -0.39 is 0 Å². The van der Waals surface area contributed by atoms with Crippen molar-refractivity contribution in [2.75, 3.05) is 18.1 Å². The van der Waals surface area contributed by atoms with Crippen molar-refractivity contribution in [3.63, 3.8) is 0 Å². The molecule has 0 amide bonds.